The molecule has 8 heteroatoms. The molecular weight excluding hydrogens is 302 g/mol. The number of carbonyl (C=O) groups is 1. The lowest BCUT2D eigenvalue weighted by Gasteiger charge is -2.31. The summed E-state index contributed by atoms with van der Waals surface area (Å²) >= 11 is 5.79. The predicted molar refractivity (Wildman–Crippen MR) is 77.2 cm³/mol. The van der Waals surface area contributed by atoms with Crippen molar-refractivity contribution in [3.05, 3.63) is 23.4 Å². The molecule has 1 fully saturated rings. The molecule has 1 amide bonds. The molecule has 20 heavy (non-hydrogen) atoms. The number of amides is 1. The Kier molecular flexibility index (Phi) is 4.49. The van der Waals surface area contributed by atoms with E-state index >= 15 is 0 Å². The van der Waals surface area contributed by atoms with Gasteiger partial charge in [-0.2, -0.15) is 0 Å². The lowest BCUT2D eigenvalue weighted by atomic mass is 9.96. The van der Waals surface area contributed by atoms with E-state index in [1.165, 1.54) is 0 Å². The number of anilines is 1. The molecule has 0 spiro atoms. The minimum absolute atomic E-state index is 0.270. The van der Waals surface area contributed by atoms with Crippen molar-refractivity contribution in [1.82, 2.24) is 9.71 Å². The minimum atomic E-state index is -3.48. The van der Waals surface area contributed by atoms with Crippen LogP contribution in [0, 0.1) is 5.92 Å². The molecule has 6 nitrogen and oxygen atoms in total. The van der Waals surface area contributed by atoms with Crippen molar-refractivity contribution in [2.75, 3.05) is 24.2 Å². The third-order valence-electron chi connectivity index (χ3n) is 3.19. The molecule has 1 N–H and O–H groups in total. The van der Waals surface area contributed by atoms with Gasteiger partial charge in [0.2, 0.25) is 15.9 Å². The van der Waals surface area contributed by atoms with Crippen LogP contribution in [0.3, 0.4) is 0 Å². The first-order valence-electron chi connectivity index (χ1n) is 6.23. The molecule has 1 aromatic rings. The molecule has 1 aromatic heterocycles. The number of hydrogen-bond donors (Lipinski definition) is 1. The number of nitrogens with zero attached hydrogens (tertiary/aromatic N) is 2. The van der Waals surface area contributed by atoms with Crippen LogP contribution in [0.1, 0.15) is 12.8 Å². The Hall–Kier alpha value is -1.34. The second-order valence-electron chi connectivity index (χ2n) is 4.83. The van der Waals surface area contributed by atoms with E-state index in [9.17, 15) is 13.2 Å². The lowest BCUT2D eigenvalue weighted by molar-refractivity contribution is -0.123. The topological polar surface area (TPSA) is 79.4 Å². The number of halogens is 1. The van der Waals surface area contributed by atoms with Crippen molar-refractivity contribution in [1.29, 1.82) is 0 Å². The molecule has 0 saturated carbocycles. The Morgan fingerprint density at radius 2 is 2.05 bits per heavy atom. The Labute approximate surface area is 123 Å². The highest BCUT2D eigenvalue weighted by atomic mass is 35.5. The first-order chi connectivity index (χ1) is 9.35. The molecule has 0 atom stereocenters. The molecular formula is C12H16ClN3O3S. The highest BCUT2D eigenvalue weighted by Crippen LogP contribution is 2.22. The number of pyridine rings is 1. The van der Waals surface area contributed by atoms with E-state index < -0.39 is 15.9 Å². The van der Waals surface area contributed by atoms with E-state index in [0.29, 0.717) is 31.0 Å². The molecule has 0 unspecified atom stereocenters. The standard InChI is InChI=1S/C12H16ClN3O3S/c1-20(18,19)15-12(17)9-4-6-16(7-5-9)11-3-2-10(13)8-14-11/h2-3,8-9H,4-7H2,1H3,(H,15,17). The summed E-state index contributed by atoms with van der Waals surface area (Å²) in [6.07, 6.45) is 3.77. The maximum atomic E-state index is 11.8. The summed E-state index contributed by atoms with van der Waals surface area (Å²) in [5, 5.41) is 0.580. The number of piperidine rings is 1. The predicted octanol–water partition coefficient (Wildman–Crippen LogP) is 1.03. The monoisotopic (exact) mass is 317 g/mol. The zero-order chi connectivity index (χ0) is 14.8. The molecule has 110 valence electrons. The van der Waals surface area contributed by atoms with Crippen LogP contribution in [-0.2, 0) is 14.8 Å². The van der Waals surface area contributed by atoms with Crippen LogP contribution in [0.15, 0.2) is 18.3 Å². The molecule has 0 bridgehead atoms. The third-order valence-corrected chi connectivity index (χ3v) is 3.98. The number of carbonyl (C=O) groups excluding carboxylic acids is 1. The van der Waals surface area contributed by atoms with Gasteiger partial charge in [0.15, 0.2) is 0 Å². The summed E-state index contributed by atoms with van der Waals surface area (Å²) < 4.78 is 24.1. The number of hydrogen-bond acceptors (Lipinski definition) is 5. The largest absolute Gasteiger partial charge is 0.357 e. The number of nitrogens with one attached hydrogen (secondary N) is 1. The normalized spacial score (nSPS) is 17.0. The Bertz CT molecular complexity index is 580. The van der Waals surface area contributed by atoms with Crippen LogP contribution in [0.25, 0.3) is 0 Å². The molecule has 0 aliphatic carbocycles. The summed E-state index contributed by atoms with van der Waals surface area (Å²) in [4.78, 5) is 18.0. The molecule has 0 aromatic carbocycles. The van der Waals surface area contributed by atoms with Gasteiger partial charge in [-0.3, -0.25) is 9.52 Å². The van der Waals surface area contributed by atoms with Crippen molar-refractivity contribution in [2.45, 2.75) is 12.8 Å². The Morgan fingerprint density at radius 1 is 1.40 bits per heavy atom. The zero-order valence-corrected chi connectivity index (χ0v) is 12.6. The van der Waals surface area contributed by atoms with E-state index in [-0.39, 0.29) is 5.92 Å². The van der Waals surface area contributed by atoms with Crippen LogP contribution < -0.4 is 9.62 Å². The van der Waals surface area contributed by atoms with E-state index in [4.69, 9.17) is 11.6 Å². The smallest absolute Gasteiger partial charge is 0.236 e. The first-order valence-corrected chi connectivity index (χ1v) is 8.50. The van der Waals surface area contributed by atoms with Gasteiger partial charge < -0.3 is 4.90 Å². The third kappa shape index (κ3) is 4.08. The first kappa shape index (κ1) is 15.1. The number of rotatable bonds is 3. The fourth-order valence-corrected chi connectivity index (χ4v) is 2.84. The molecule has 1 aliphatic heterocycles. The Morgan fingerprint density at radius 3 is 2.55 bits per heavy atom. The fraction of sp³-hybridized carbons (Fsp3) is 0.500. The van der Waals surface area contributed by atoms with Gasteiger partial charge in [-0.15, -0.1) is 0 Å². The second-order valence-corrected chi connectivity index (χ2v) is 7.02. The maximum absolute atomic E-state index is 11.8. The van der Waals surface area contributed by atoms with Gasteiger partial charge in [-0.25, -0.2) is 13.4 Å². The van der Waals surface area contributed by atoms with Gasteiger partial charge in [-0.05, 0) is 25.0 Å². The summed E-state index contributed by atoms with van der Waals surface area (Å²) in [6.45, 7) is 1.33. The van der Waals surface area contributed by atoms with Gasteiger partial charge in [0.25, 0.3) is 0 Å². The molecule has 2 heterocycles. The quantitative estimate of drug-likeness (QED) is 0.900. The summed E-state index contributed by atoms with van der Waals surface area (Å²) in [7, 11) is -3.48. The van der Waals surface area contributed by atoms with Crippen LogP contribution in [0.4, 0.5) is 5.82 Å². The SMILES string of the molecule is CS(=O)(=O)NC(=O)C1CCN(c2ccc(Cl)cn2)CC1. The lowest BCUT2D eigenvalue weighted by Crippen LogP contribution is -2.42. The van der Waals surface area contributed by atoms with Gasteiger partial charge in [0.1, 0.15) is 5.82 Å². The zero-order valence-electron chi connectivity index (χ0n) is 11.0. The van der Waals surface area contributed by atoms with Crippen molar-refractivity contribution < 1.29 is 13.2 Å². The van der Waals surface area contributed by atoms with Gasteiger partial charge in [0.05, 0.1) is 11.3 Å². The van der Waals surface area contributed by atoms with Gasteiger partial charge >= 0.3 is 0 Å². The van der Waals surface area contributed by atoms with Crippen molar-refractivity contribution in [3.8, 4) is 0 Å². The van der Waals surface area contributed by atoms with Gasteiger partial charge in [-0.1, -0.05) is 11.6 Å². The van der Waals surface area contributed by atoms with E-state index in [1.54, 1.807) is 12.3 Å². The van der Waals surface area contributed by atoms with Crippen molar-refractivity contribution in [3.63, 3.8) is 0 Å². The minimum Gasteiger partial charge on any atom is -0.357 e. The average Bonchev–Trinajstić information content (AvgIpc) is 2.38. The number of sulfonamides is 1. The molecule has 1 aliphatic rings. The Balaban J connectivity index is 1.92. The molecule has 0 radical (unpaired) electrons. The summed E-state index contributed by atoms with van der Waals surface area (Å²) in [5.41, 5.74) is 0. The highest BCUT2D eigenvalue weighted by Gasteiger charge is 2.27. The molecule has 2 rings (SSSR count). The van der Waals surface area contributed by atoms with Crippen LogP contribution in [-0.4, -0.2) is 38.7 Å². The van der Waals surface area contributed by atoms with Crippen LogP contribution in [0.5, 0.6) is 0 Å². The van der Waals surface area contributed by atoms with Gasteiger partial charge in [0, 0.05) is 25.2 Å². The van der Waals surface area contributed by atoms with Crippen LogP contribution in [0.2, 0.25) is 5.02 Å². The van der Waals surface area contributed by atoms with Crippen LogP contribution >= 0.6 is 11.6 Å². The van der Waals surface area contributed by atoms with Crippen molar-refractivity contribution >= 4 is 33.3 Å². The molecule has 1 saturated heterocycles. The number of aromatic nitrogens is 1. The fourth-order valence-electron chi connectivity index (χ4n) is 2.19. The summed E-state index contributed by atoms with van der Waals surface area (Å²) in [5.74, 6) is 0.126. The maximum Gasteiger partial charge on any atom is 0.236 e. The highest BCUT2D eigenvalue weighted by molar-refractivity contribution is 7.89. The van der Waals surface area contributed by atoms with E-state index in [0.717, 1.165) is 12.1 Å². The van der Waals surface area contributed by atoms with E-state index in [2.05, 4.69) is 9.88 Å². The second kappa shape index (κ2) is 5.97. The summed E-state index contributed by atoms with van der Waals surface area (Å²) in [6, 6.07) is 3.60. The van der Waals surface area contributed by atoms with Crippen molar-refractivity contribution in [2.24, 2.45) is 5.92 Å². The average molecular weight is 318 g/mol. The van der Waals surface area contributed by atoms with E-state index in [1.807, 2.05) is 10.8 Å².